The average molecular weight is 369 g/mol. The van der Waals surface area contributed by atoms with Gasteiger partial charge in [-0.25, -0.2) is 9.78 Å². The fourth-order valence-corrected chi connectivity index (χ4v) is 2.73. The number of halogens is 3. The number of amides is 1. The Labute approximate surface area is 147 Å². The minimum absolute atomic E-state index is 0.243. The second-order valence-electron chi connectivity index (χ2n) is 6.36. The molecule has 26 heavy (non-hydrogen) atoms. The molecule has 1 N–H and O–H groups in total. The summed E-state index contributed by atoms with van der Waals surface area (Å²) in [6.07, 6.45) is -2.05. The molecular weight excluding hydrogens is 351 g/mol. The SMILES string of the molecule is Cc1c(C(=O)O[C@H](C)C(=O)NCC(F)(F)F)ccc2cnc(C3CC3)n12. The van der Waals surface area contributed by atoms with E-state index in [-0.39, 0.29) is 5.56 Å². The third kappa shape index (κ3) is 3.81. The predicted molar refractivity (Wildman–Crippen MR) is 85.8 cm³/mol. The number of ether oxygens (including phenoxy) is 1. The van der Waals surface area contributed by atoms with Crippen molar-refractivity contribution in [3.05, 3.63) is 35.4 Å². The third-order valence-corrected chi connectivity index (χ3v) is 4.24. The third-order valence-electron chi connectivity index (χ3n) is 4.24. The van der Waals surface area contributed by atoms with Gasteiger partial charge in [0.05, 0.1) is 17.3 Å². The summed E-state index contributed by atoms with van der Waals surface area (Å²) in [6.45, 7) is 1.49. The van der Waals surface area contributed by atoms with E-state index in [9.17, 15) is 22.8 Å². The van der Waals surface area contributed by atoms with Gasteiger partial charge in [0.25, 0.3) is 5.91 Å². The second kappa shape index (κ2) is 6.62. The molecule has 1 fully saturated rings. The maximum absolute atomic E-state index is 12.4. The van der Waals surface area contributed by atoms with Gasteiger partial charge in [0, 0.05) is 11.6 Å². The number of fused-ring (bicyclic) bond motifs is 1. The summed E-state index contributed by atoms with van der Waals surface area (Å²) in [5.41, 5.74) is 1.71. The van der Waals surface area contributed by atoms with E-state index in [1.54, 1.807) is 30.6 Å². The van der Waals surface area contributed by atoms with E-state index in [1.807, 2.05) is 4.40 Å². The van der Waals surface area contributed by atoms with Crippen LogP contribution in [0.3, 0.4) is 0 Å². The van der Waals surface area contributed by atoms with Gasteiger partial charge in [-0.15, -0.1) is 0 Å². The van der Waals surface area contributed by atoms with Crippen molar-refractivity contribution in [1.82, 2.24) is 14.7 Å². The molecule has 6 nitrogen and oxygen atoms in total. The van der Waals surface area contributed by atoms with E-state index in [0.717, 1.165) is 24.2 Å². The van der Waals surface area contributed by atoms with E-state index >= 15 is 0 Å². The lowest BCUT2D eigenvalue weighted by Gasteiger charge is -2.16. The van der Waals surface area contributed by atoms with Gasteiger partial charge in [-0.3, -0.25) is 9.20 Å². The molecule has 3 rings (SSSR count). The first kappa shape index (κ1) is 18.2. The zero-order valence-electron chi connectivity index (χ0n) is 14.3. The van der Waals surface area contributed by atoms with Crippen LogP contribution in [0.4, 0.5) is 13.2 Å². The number of pyridine rings is 1. The van der Waals surface area contributed by atoms with E-state index in [0.29, 0.717) is 11.6 Å². The maximum atomic E-state index is 12.4. The molecule has 0 aliphatic heterocycles. The summed E-state index contributed by atoms with van der Waals surface area (Å²) >= 11 is 0. The zero-order valence-corrected chi connectivity index (χ0v) is 14.3. The molecule has 0 bridgehead atoms. The number of hydrogen-bond donors (Lipinski definition) is 1. The van der Waals surface area contributed by atoms with Crippen molar-refractivity contribution in [2.24, 2.45) is 0 Å². The van der Waals surface area contributed by atoms with Crippen molar-refractivity contribution in [2.75, 3.05) is 6.54 Å². The van der Waals surface area contributed by atoms with Crippen LogP contribution in [0.2, 0.25) is 0 Å². The molecule has 140 valence electrons. The average Bonchev–Trinajstić information content (AvgIpc) is 3.31. The number of nitrogens with one attached hydrogen (secondary N) is 1. The summed E-state index contributed by atoms with van der Waals surface area (Å²) in [5, 5.41) is 1.70. The number of carbonyl (C=O) groups excluding carboxylic acids is 2. The van der Waals surface area contributed by atoms with Crippen molar-refractivity contribution in [2.45, 2.75) is 44.9 Å². The van der Waals surface area contributed by atoms with Crippen molar-refractivity contribution in [3.8, 4) is 0 Å². The lowest BCUT2D eigenvalue weighted by atomic mass is 10.2. The van der Waals surface area contributed by atoms with Crippen molar-refractivity contribution in [3.63, 3.8) is 0 Å². The number of esters is 1. The van der Waals surface area contributed by atoms with Gasteiger partial charge < -0.3 is 10.1 Å². The smallest absolute Gasteiger partial charge is 0.405 e. The minimum atomic E-state index is -4.53. The summed E-state index contributed by atoms with van der Waals surface area (Å²) in [4.78, 5) is 28.4. The number of aromatic nitrogens is 2. The second-order valence-corrected chi connectivity index (χ2v) is 6.36. The zero-order chi connectivity index (χ0) is 19.1. The first-order valence-corrected chi connectivity index (χ1v) is 8.20. The molecule has 1 atom stereocenters. The molecule has 1 aliphatic rings. The molecule has 0 saturated heterocycles. The van der Waals surface area contributed by atoms with E-state index in [1.165, 1.54) is 6.92 Å². The summed E-state index contributed by atoms with van der Waals surface area (Å²) < 4.78 is 43.4. The highest BCUT2D eigenvalue weighted by atomic mass is 19.4. The monoisotopic (exact) mass is 369 g/mol. The van der Waals surface area contributed by atoms with Crippen LogP contribution in [0.1, 0.15) is 47.6 Å². The van der Waals surface area contributed by atoms with Gasteiger partial charge in [-0.2, -0.15) is 13.2 Å². The van der Waals surface area contributed by atoms with Gasteiger partial charge in [0.1, 0.15) is 12.4 Å². The molecule has 2 aromatic heterocycles. The van der Waals surface area contributed by atoms with E-state index in [4.69, 9.17) is 4.74 Å². The van der Waals surface area contributed by atoms with Crippen LogP contribution in [0.5, 0.6) is 0 Å². The Morgan fingerprint density at radius 2 is 2.08 bits per heavy atom. The lowest BCUT2D eigenvalue weighted by molar-refractivity contribution is -0.143. The van der Waals surface area contributed by atoms with Crippen LogP contribution in [0.25, 0.3) is 5.52 Å². The van der Waals surface area contributed by atoms with Gasteiger partial charge in [-0.1, -0.05) is 0 Å². The fourth-order valence-electron chi connectivity index (χ4n) is 2.73. The van der Waals surface area contributed by atoms with Gasteiger partial charge in [0.15, 0.2) is 6.10 Å². The molecule has 2 aromatic rings. The molecule has 1 amide bonds. The highest BCUT2D eigenvalue weighted by molar-refractivity contribution is 5.93. The molecule has 0 radical (unpaired) electrons. The van der Waals surface area contributed by atoms with Crippen molar-refractivity contribution < 1.29 is 27.5 Å². The summed E-state index contributed by atoms with van der Waals surface area (Å²) in [5.74, 6) is -0.525. The standard InChI is InChI=1S/C17H18F3N3O3/c1-9-13(6-5-12-7-21-14(23(9)12)11-3-4-11)16(25)26-10(2)15(24)22-8-17(18,19)20/h5-7,10-11H,3-4,8H2,1-2H3,(H,22,24)/t10-/m1/s1. The van der Waals surface area contributed by atoms with Crippen molar-refractivity contribution >= 4 is 17.4 Å². The Hall–Kier alpha value is -2.58. The Balaban J connectivity index is 1.74. The van der Waals surface area contributed by atoms with Crippen molar-refractivity contribution in [1.29, 1.82) is 0 Å². The molecule has 0 aromatic carbocycles. The van der Waals surface area contributed by atoms with E-state index < -0.39 is 30.7 Å². The lowest BCUT2D eigenvalue weighted by Crippen LogP contribution is -2.40. The number of nitrogens with zero attached hydrogens (tertiary/aromatic N) is 2. The quantitative estimate of drug-likeness (QED) is 0.823. The molecule has 9 heteroatoms. The first-order valence-electron chi connectivity index (χ1n) is 8.20. The number of rotatable bonds is 5. The van der Waals surface area contributed by atoms with Crippen LogP contribution >= 0.6 is 0 Å². The van der Waals surface area contributed by atoms with Crippen LogP contribution in [-0.2, 0) is 9.53 Å². The van der Waals surface area contributed by atoms with Crippen LogP contribution < -0.4 is 5.32 Å². The predicted octanol–water partition coefficient (Wildman–Crippen LogP) is 2.74. The molecule has 1 aliphatic carbocycles. The maximum Gasteiger partial charge on any atom is 0.405 e. The highest BCUT2D eigenvalue weighted by Gasteiger charge is 2.31. The molecule has 0 unspecified atom stereocenters. The van der Waals surface area contributed by atoms with Gasteiger partial charge in [0.2, 0.25) is 0 Å². The number of hydrogen-bond acceptors (Lipinski definition) is 4. The number of carbonyl (C=O) groups is 2. The van der Waals surface area contributed by atoms with E-state index in [2.05, 4.69) is 4.98 Å². The van der Waals surface area contributed by atoms with Gasteiger partial charge >= 0.3 is 12.1 Å². The Kier molecular flexibility index (Phi) is 4.64. The number of alkyl halides is 3. The Bertz CT molecular complexity index is 856. The largest absolute Gasteiger partial charge is 0.449 e. The molecule has 0 spiro atoms. The minimum Gasteiger partial charge on any atom is -0.449 e. The van der Waals surface area contributed by atoms with Crippen LogP contribution in [0.15, 0.2) is 18.3 Å². The normalized spacial score (nSPS) is 15.7. The first-order chi connectivity index (χ1) is 12.2. The van der Waals surface area contributed by atoms with Crippen LogP contribution in [0, 0.1) is 6.92 Å². The van der Waals surface area contributed by atoms with Crippen LogP contribution in [-0.4, -0.2) is 40.1 Å². The molecule has 1 saturated carbocycles. The Morgan fingerprint density at radius 3 is 2.69 bits per heavy atom. The number of imidazole rings is 1. The fraction of sp³-hybridized carbons (Fsp3) is 0.471. The summed E-state index contributed by atoms with van der Waals surface area (Å²) in [6, 6.07) is 3.28. The molecular formula is C17H18F3N3O3. The van der Waals surface area contributed by atoms with Gasteiger partial charge in [-0.05, 0) is 38.8 Å². The number of aryl methyl sites for hydroxylation is 1. The Morgan fingerprint density at radius 1 is 1.38 bits per heavy atom. The topological polar surface area (TPSA) is 72.7 Å². The highest BCUT2D eigenvalue weighted by Crippen LogP contribution is 2.39. The molecule has 2 heterocycles. The summed E-state index contributed by atoms with van der Waals surface area (Å²) in [7, 11) is 0.